The number of nitrogens with zero attached hydrogens (tertiary/aromatic N) is 2. The van der Waals surface area contributed by atoms with Gasteiger partial charge in [-0.1, -0.05) is 23.7 Å². The van der Waals surface area contributed by atoms with Crippen molar-refractivity contribution in [3.05, 3.63) is 52.8 Å². The highest BCUT2D eigenvalue weighted by molar-refractivity contribution is 6.30. The van der Waals surface area contributed by atoms with Crippen LogP contribution < -0.4 is 5.32 Å². The van der Waals surface area contributed by atoms with Crippen molar-refractivity contribution in [3.8, 4) is 0 Å². The van der Waals surface area contributed by atoms with E-state index in [9.17, 15) is 0 Å². The fraction of sp³-hybridized carbons (Fsp3) is 0.471. The Balaban J connectivity index is 2.15. The molecule has 0 bridgehead atoms. The lowest BCUT2D eigenvalue weighted by Crippen LogP contribution is -2.39. The zero-order valence-electron chi connectivity index (χ0n) is 13.2. The first kappa shape index (κ1) is 16.1. The molecule has 2 rings (SSSR count). The minimum Gasteiger partial charge on any atom is -0.311 e. The summed E-state index contributed by atoms with van der Waals surface area (Å²) in [5, 5.41) is 8.87. The lowest BCUT2D eigenvalue weighted by molar-refractivity contribution is 0.404. The third-order valence-corrected chi connectivity index (χ3v) is 3.70. The summed E-state index contributed by atoms with van der Waals surface area (Å²) in [4.78, 5) is 0. The molecule has 0 radical (unpaired) electrons. The van der Waals surface area contributed by atoms with E-state index in [4.69, 9.17) is 11.6 Å². The van der Waals surface area contributed by atoms with E-state index < -0.39 is 0 Å². The maximum atomic E-state index is 6.00. The van der Waals surface area contributed by atoms with Crippen LogP contribution in [0, 0.1) is 0 Å². The van der Waals surface area contributed by atoms with E-state index in [1.54, 1.807) is 0 Å². The molecular formula is C17H24ClN3. The molecule has 1 atom stereocenters. The summed E-state index contributed by atoms with van der Waals surface area (Å²) in [5.74, 6) is 0.386. The first-order valence-electron chi connectivity index (χ1n) is 7.32. The minimum atomic E-state index is 0.106. The molecule has 21 heavy (non-hydrogen) atoms. The molecule has 3 nitrogen and oxygen atoms in total. The van der Waals surface area contributed by atoms with Gasteiger partial charge in [0.1, 0.15) is 0 Å². The molecule has 0 amide bonds. The summed E-state index contributed by atoms with van der Waals surface area (Å²) < 4.78 is 1.85. The highest BCUT2D eigenvalue weighted by Crippen LogP contribution is 2.22. The van der Waals surface area contributed by atoms with Gasteiger partial charge < -0.3 is 5.32 Å². The number of nitrogens with one attached hydrogen (secondary N) is 1. The lowest BCUT2D eigenvalue weighted by atomic mass is 9.93. The number of hydrogen-bond acceptors (Lipinski definition) is 2. The molecule has 1 unspecified atom stereocenters. The van der Waals surface area contributed by atoms with Crippen molar-refractivity contribution >= 4 is 11.6 Å². The fourth-order valence-corrected chi connectivity index (χ4v) is 2.42. The standard InChI is InChI=1S/C17H24ClN3/c1-17(2,3)19-12-14(11-16-9-10-21(4)20-16)13-5-7-15(18)8-6-13/h5-10,14,19H,11-12H2,1-4H3. The van der Waals surface area contributed by atoms with Crippen LogP contribution in [0.15, 0.2) is 36.5 Å². The summed E-state index contributed by atoms with van der Waals surface area (Å²) in [5.41, 5.74) is 2.52. The third-order valence-electron chi connectivity index (χ3n) is 3.44. The highest BCUT2D eigenvalue weighted by atomic mass is 35.5. The zero-order chi connectivity index (χ0) is 15.5. The SMILES string of the molecule is Cn1ccc(CC(CNC(C)(C)C)c2ccc(Cl)cc2)n1. The Labute approximate surface area is 132 Å². The summed E-state index contributed by atoms with van der Waals surface area (Å²) in [7, 11) is 1.95. The second kappa shape index (κ2) is 6.63. The van der Waals surface area contributed by atoms with Gasteiger partial charge in [-0.2, -0.15) is 5.10 Å². The van der Waals surface area contributed by atoms with Crippen LogP contribution in [0.3, 0.4) is 0 Å². The van der Waals surface area contributed by atoms with Gasteiger partial charge in [-0.05, 0) is 51.0 Å². The Hall–Kier alpha value is -1.32. The summed E-state index contributed by atoms with van der Waals surface area (Å²) >= 11 is 6.00. The van der Waals surface area contributed by atoms with Crippen LogP contribution in [-0.2, 0) is 13.5 Å². The van der Waals surface area contributed by atoms with Crippen molar-refractivity contribution in [1.82, 2.24) is 15.1 Å². The quantitative estimate of drug-likeness (QED) is 0.911. The van der Waals surface area contributed by atoms with Crippen LogP contribution in [0.4, 0.5) is 0 Å². The van der Waals surface area contributed by atoms with Crippen molar-refractivity contribution in [2.75, 3.05) is 6.54 Å². The summed E-state index contributed by atoms with van der Waals surface area (Å²) in [6.07, 6.45) is 2.91. The van der Waals surface area contributed by atoms with Crippen molar-refractivity contribution in [3.63, 3.8) is 0 Å². The molecule has 1 aromatic heterocycles. The highest BCUT2D eigenvalue weighted by Gasteiger charge is 2.17. The van der Waals surface area contributed by atoms with Crippen molar-refractivity contribution in [2.45, 2.75) is 38.6 Å². The van der Waals surface area contributed by atoms with Crippen LogP contribution in [0.2, 0.25) is 5.02 Å². The van der Waals surface area contributed by atoms with E-state index in [0.29, 0.717) is 5.92 Å². The van der Waals surface area contributed by atoms with Gasteiger partial charge in [0, 0.05) is 36.3 Å². The van der Waals surface area contributed by atoms with E-state index in [1.165, 1.54) is 5.56 Å². The average molecular weight is 306 g/mol. The molecule has 0 saturated heterocycles. The van der Waals surface area contributed by atoms with E-state index in [-0.39, 0.29) is 5.54 Å². The number of benzene rings is 1. The molecule has 0 aliphatic heterocycles. The van der Waals surface area contributed by atoms with Gasteiger partial charge in [0.2, 0.25) is 0 Å². The molecule has 0 aliphatic rings. The first-order chi connectivity index (χ1) is 9.83. The Morgan fingerprint density at radius 1 is 1.19 bits per heavy atom. The van der Waals surface area contributed by atoms with E-state index in [1.807, 2.05) is 30.1 Å². The molecule has 1 heterocycles. The van der Waals surface area contributed by atoms with Gasteiger partial charge in [-0.25, -0.2) is 0 Å². The Morgan fingerprint density at radius 2 is 1.86 bits per heavy atom. The molecule has 0 aliphatic carbocycles. The zero-order valence-corrected chi connectivity index (χ0v) is 14.0. The normalized spacial score (nSPS) is 13.4. The topological polar surface area (TPSA) is 29.9 Å². The third kappa shape index (κ3) is 5.18. The summed E-state index contributed by atoms with van der Waals surface area (Å²) in [6.45, 7) is 7.48. The Bertz CT molecular complexity index is 566. The van der Waals surface area contributed by atoms with Crippen molar-refractivity contribution in [1.29, 1.82) is 0 Å². The molecular weight excluding hydrogens is 282 g/mol. The predicted octanol–water partition coefficient (Wildman–Crippen LogP) is 3.79. The second-order valence-corrected chi connectivity index (χ2v) is 7.00. The molecule has 0 saturated carbocycles. The Kier molecular flexibility index (Phi) is 5.07. The van der Waals surface area contributed by atoms with Crippen LogP contribution in [-0.4, -0.2) is 21.9 Å². The van der Waals surface area contributed by atoms with Gasteiger partial charge in [0.15, 0.2) is 0 Å². The van der Waals surface area contributed by atoms with E-state index in [2.05, 4.69) is 49.4 Å². The number of halogens is 1. The van der Waals surface area contributed by atoms with Crippen molar-refractivity contribution < 1.29 is 0 Å². The van der Waals surface area contributed by atoms with Gasteiger partial charge in [0.05, 0.1) is 5.69 Å². The maximum Gasteiger partial charge on any atom is 0.0631 e. The Morgan fingerprint density at radius 3 is 2.38 bits per heavy atom. The summed E-state index contributed by atoms with van der Waals surface area (Å²) in [6, 6.07) is 10.2. The largest absolute Gasteiger partial charge is 0.311 e. The minimum absolute atomic E-state index is 0.106. The van der Waals surface area contributed by atoms with Crippen LogP contribution >= 0.6 is 11.6 Å². The first-order valence-corrected chi connectivity index (χ1v) is 7.70. The lowest BCUT2D eigenvalue weighted by Gasteiger charge is -2.25. The number of hydrogen-bond donors (Lipinski definition) is 1. The molecule has 4 heteroatoms. The van der Waals surface area contributed by atoms with E-state index in [0.717, 1.165) is 23.7 Å². The van der Waals surface area contributed by atoms with Crippen LogP contribution in [0.5, 0.6) is 0 Å². The molecule has 1 aromatic carbocycles. The molecule has 2 aromatic rings. The van der Waals surface area contributed by atoms with E-state index >= 15 is 0 Å². The van der Waals surface area contributed by atoms with Gasteiger partial charge in [-0.15, -0.1) is 0 Å². The molecule has 114 valence electrons. The van der Waals surface area contributed by atoms with Gasteiger partial charge in [-0.3, -0.25) is 4.68 Å². The second-order valence-electron chi connectivity index (χ2n) is 6.56. The molecule has 0 spiro atoms. The molecule has 0 fully saturated rings. The number of rotatable bonds is 5. The van der Waals surface area contributed by atoms with Gasteiger partial charge in [0.25, 0.3) is 0 Å². The fourth-order valence-electron chi connectivity index (χ4n) is 2.30. The average Bonchev–Trinajstić information content (AvgIpc) is 2.80. The predicted molar refractivity (Wildman–Crippen MR) is 88.9 cm³/mol. The van der Waals surface area contributed by atoms with Crippen molar-refractivity contribution in [2.24, 2.45) is 7.05 Å². The maximum absolute atomic E-state index is 6.00. The van der Waals surface area contributed by atoms with Gasteiger partial charge >= 0.3 is 0 Å². The smallest absolute Gasteiger partial charge is 0.0631 e. The monoisotopic (exact) mass is 305 g/mol. The van der Waals surface area contributed by atoms with Crippen LogP contribution in [0.25, 0.3) is 0 Å². The van der Waals surface area contributed by atoms with Crippen LogP contribution in [0.1, 0.15) is 37.9 Å². The number of aryl methyl sites for hydroxylation is 1. The number of aromatic nitrogens is 2. The molecule has 1 N–H and O–H groups in total.